The average Bonchev–Trinajstić information content (AvgIpc) is 3.42. The number of hydrogen-bond donors (Lipinski definition) is 2. The summed E-state index contributed by atoms with van der Waals surface area (Å²) in [5.41, 5.74) is 1.59. The van der Waals surface area contributed by atoms with Gasteiger partial charge in [0.2, 0.25) is 5.91 Å². The molecule has 1 amide bonds. The van der Waals surface area contributed by atoms with Crippen LogP contribution in [-0.2, 0) is 11.8 Å². The SMILES string of the molecule is Cn1cnnc1Sc1ccc([C@H]2CC(=O)Nc3n[nH]c(-c4ccco4)c32)o1. The van der Waals surface area contributed by atoms with Crippen molar-refractivity contribution in [3.05, 3.63) is 48.2 Å². The fraction of sp³-hybridized carbons (Fsp3) is 0.176. The van der Waals surface area contributed by atoms with Crippen molar-refractivity contribution in [1.82, 2.24) is 25.0 Å². The topological polar surface area (TPSA) is 115 Å². The Balaban J connectivity index is 1.52. The largest absolute Gasteiger partial charge is 0.463 e. The van der Waals surface area contributed by atoms with Crippen molar-refractivity contribution in [1.29, 1.82) is 0 Å². The molecule has 1 aliphatic heterocycles. The molecule has 0 aliphatic carbocycles. The summed E-state index contributed by atoms with van der Waals surface area (Å²) in [4.78, 5) is 12.2. The van der Waals surface area contributed by atoms with Gasteiger partial charge >= 0.3 is 0 Å². The van der Waals surface area contributed by atoms with E-state index in [0.29, 0.717) is 22.4 Å². The Bertz CT molecular complexity index is 1110. The first-order chi connectivity index (χ1) is 13.2. The fourth-order valence-corrected chi connectivity index (χ4v) is 3.87. The number of hydrogen-bond acceptors (Lipinski definition) is 7. The summed E-state index contributed by atoms with van der Waals surface area (Å²) in [7, 11) is 1.87. The summed E-state index contributed by atoms with van der Waals surface area (Å²) in [5.74, 6) is 1.47. The summed E-state index contributed by atoms with van der Waals surface area (Å²) in [6.07, 6.45) is 3.49. The molecule has 5 heterocycles. The minimum Gasteiger partial charge on any atom is -0.463 e. The highest BCUT2D eigenvalue weighted by Gasteiger charge is 2.34. The van der Waals surface area contributed by atoms with E-state index in [0.717, 1.165) is 16.4 Å². The Hall–Kier alpha value is -3.27. The lowest BCUT2D eigenvalue weighted by molar-refractivity contribution is -0.116. The summed E-state index contributed by atoms with van der Waals surface area (Å²) in [6.45, 7) is 0. The lowest BCUT2D eigenvalue weighted by atomic mass is 9.89. The Kier molecular flexibility index (Phi) is 3.64. The van der Waals surface area contributed by atoms with Gasteiger partial charge in [-0.2, -0.15) is 5.10 Å². The van der Waals surface area contributed by atoms with Crippen LogP contribution in [0.3, 0.4) is 0 Å². The predicted octanol–water partition coefficient (Wildman–Crippen LogP) is 3.02. The number of nitrogens with one attached hydrogen (secondary N) is 2. The summed E-state index contributed by atoms with van der Waals surface area (Å²) >= 11 is 1.37. The number of rotatable bonds is 4. The first-order valence-electron chi connectivity index (χ1n) is 8.22. The molecule has 4 aromatic heterocycles. The molecule has 1 atom stereocenters. The van der Waals surface area contributed by atoms with E-state index in [2.05, 4.69) is 25.7 Å². The van der Waals surface area contributed by atoms with Crippen LogP contribution in [0, 0.1) is 0 Å². The number of anilines is 1. The highest BCUT2D eigenvalue weighted by molar-refractivity contribution is 7.99. The number of aromatic nitrogens is 5. The van der Waals surface area contributed by atoms with Crippen LogP contribution in [0.5, 0.6) is 0 Å². The first kappa shape index (κ1) is 15.9. The van der Waals surface area contributed by atoms with Gasteiger partial charge in [0, 0.05) is 19.0 Å². The van der Waals surface area contributed by atoms with E-state index in [4.69, 9.17) is 8.83 Å². The molecule has 27 heavy (non-hydrogen) atoms. The Morgan fingerprint density at radius 3 is 3.04 bits per heavy atom. The van der Waals surface area contributed by atoms with E-state index < -0.39 is 0 Å². The van der Waals surface area contributed by atoms with E-state index >= 15 is 0 Å². The normalized spacial score (nSPS) is 16.3. The second-order valence-corrected chi connectivity index (χ2v) is 7.10. The molecule has 9 nitrogen and oxygen atoms in total. The lowest BCUT2D eigenvalue weighted by Crippen LogP contribution is -2.23. The number of H-pyrrole nitrogens is 1. The van der Waals surface area contributed by atoms with Crippen LogP contribution in [-0.4, -0.2) is 30.9 Å². The highest BCUT2D eigenvalue weighted by atomic mass is 32.2. The van der Waals surface area contributed by atoms with Gasteiger partial charge in [-0.15, -0.1) is 10.2 Å². The molecule has 136 valence electrons. The number of carbonyl (C=O) groups excluding carboxylic acids is 1. The van der Waals surface area contributed by atoms with Crippen molar-refractivity contribution in [3.63, 3.8) is 0 Å². The Labute approximate surface area is 157 Å². The van der Waals surface area contributed by atoms with Gasteiger partial charge in [0.15, 0.2) is 21.8 Å². The summed E-state index contributed by atoms with van der Waals surface area (Å²) in [5, 5.41) is 19.3. The third-order valence-corrected chi connectivity index (χ3v) is 5.35. The zero-order valence-electron chi connectivity index (χ0n) is 14.2. The van der Waals surface area contributed by atoms with Gasteiger partial charge < -0.3 is 18.7 Å². The van der Waals surface area contributed by atoms with Crippen LogP contribution in [0.15, 0.2) is 55.9 Å². The van der Waals surface area contributed by atoms with E-state index in [1.54, 1.807) is 12.6 Å². The van der Waals surface area contributed by atoms with Gasteiger partial charge in [-0.3, -0.25) is 9.89 Å². The van der Waals surface area contributed by atoms with Crippen molar-refractivity contribution >= 4 is 23.5 Å². The molecule has 1 aliphatic rings. The van der Waals surface area contributed by atoms with Crippen molar-refractivity contribution < 1.29 is 13.6 Å². The third-order valence-electron chi connectivity index (χ3n) is 4.37. The highest BCUT2D eigenvalue weighted by Crippen LogP contribution is 2.43. The second kappa shape index (κ2) is 6.16. The number of amides is 1. The van der Waals surface area contributed by atoms with Crippen LogP contribution >= 0.6 is 11.8 Å². The molecule has 0 bridgehead atoms. The van der Waals surface area contributed by atoms with Crippen LogP contribution in [0.4, 0.5) is 5.82 Å². The van der Waals surface area contributed by atoms with Gasteiger partial charge in [-0.05, 0) is 36.0 Å². The van der Waals surface area contributed by atoms with Crippen LogP contribution < -0.4 is 5.32 Å². The van der Waals surface area contributed by atoms with Gasteiger partial charge in [0.1, 0.15) is 17.8 Å². The number of fused-ring (bicyclic) bond motifs is 1. The smallest absolute Gasteiger partial charge is 0.226 e. The third kappa shape index (κ3) is 2.74. The standard InChI is InChI=1S/C17H14N6O3S/c1-23-8-18-22-17(23)27-13-5-4-10(26-13)9-7-12(24)19-16-14(9)15(20-21-16)11-3-2-6-25-11/h2-6,8-9H,7H2,1H3,(H2,19,20,21,24)/t9-/m1/s1. The van der Waals surface area contributed by atoms with E-state index in [1.807, 2.05) is 35.9 Å². The number of aromatic amines is 1. The number of carbonyl (C=O) groups is 1. The average molecular weight is 382 g/mol. The quantitative estimate of drug-likeness (QED) is 0.557. The molecule has 2 N–H and O–H groups in total. The minimum atomic E-state index is -0.263. The molecule has 10 heteroatoms. The van der Waals surface area contributed by atoms with Gasteiger partial charge in [-0.25, -0.2) is 0 Å². The molecular weight excluding hydrogens is 368 g/mol. The monoisotopic (exact) mass is 382 g/mol. The number of nitrogens with zero attached hydrogens (tertiary/aromatic N) is 4. The first-order valence-corrected chi connectivity index (χ1v) is 9.04. The molecular formula is C17H14N6O3S. The van der Waals surface area contributed by atoms with Crippen molar-refractivity contribution in [2.24, 2.45) is 7.05 Å². The summed E-state index contributed by atoms with van der Waals surface area (Å²) < 4.78 is 13.3. The molecule has 0 radical (unpaired) electrons. The van der Waals surface area contributed by atoms with Gasteiger partial charge in [-0.1, -0.05) is 0 Å². The molecule has 0 unspecified atom stereocenters. The molecule has 0 fully saturated rings. The van der Waals surface area contributed by atoms with Crippen molar-refractivity contribution in [3.8, 4) is 11.5 Å². The minimum absolute atomic E-state index is 0.108. The van der Waals surface area contributed by atoms with Crippen LogP contribution in [0.2, 0.25) is 0 Å². The Morgan fingerprint density at radius 1 is 1.33 bits per heavy atom. The maximum Gasteiger partial charge on any atom is 0.226 e. The van der Waals surface area contributed by atoms with E-state index in [1.165, 1.54) is 11.8 Å². The molecule has 4 aromatic rings. The van der Waals surface area contributed by atoms with Gasteiger partial charge in [0.05, 0.1) is 12.2 Å². The molecule has 0 saturated carbocycles. The summed E-state index contributed by atoms with van der Waals surface area (Å²) in [6, 6.07) is 7.40. The van der Waals surface area contributed by atoms with Crippen LogP contribution in [0.25, 0.3) is 11.5 Å². The Morgan fingerprint density at radius 2 is 2.26 bits per heavy atom. The van der Waals surface area contributed by atoms with Gasteiger partial charge in [0.25, 0.3) is 0 Å². The number of aryl methyl sites for hydroxylation is 1. The van der Waals surface area contributed by atoms with E-state index in [9.17, 15) is 4.79 Å². The zero-order chi connectivity index (χ0) is 18.4. The van der Waals surface area contributed by atoms with Crippen LogP contribution in [0.1, 0.15) is 23.7 Å². The lowest BCUT2D eigenvalue weighted by Gasteiger charge is -2.20. The predicted molar refractivity (Wildman–Crippen MR) is 95.2 cm³/mol. The van der Waals surface area contributed by atoms with Crippen molar-refractivity contribution in [2.45, 2.75) is 22.6 Å². The maximum atomic E-state index is 12.2. The molecule has 5 rings (SSSR count). The maximum absolute atomic E-state index is 12.2. The molecule has 0 aromatic carbocycles. The fourth-order valence-electron chi connectivity index (χ4n) is 3.14. The second-order valence-electron chi connectivity index (χ2n) is 6.13. The molecule has 0 saturated heterocycles. The molecule has 0 spiro atoms. The zero-order valence-corrected chi connectivity index (χ0v) is 15.0. The van der Waals surface area contributed by atoms with Crippen molar-refractivity contribution in [2.75, 3.05) is 5.32 Å². The van der Waals surface area contributed by atoms with E-state index in [-0.39, 0.29) is 18.2 Å². The number of furan rings is 2.